The molecule has 22 heavy (non-hydrogen) atoms. The van der Waals surface area contributed by atoms with Gasteiger partial charge >= 0.3 is 0 Å². The molecule has 0 radical (unpaired) electrons. The lowest BCUT2D eigenvalue weighted by molar-refractivity contribution is 0.590. The van der Waals surface area contributed by atoms with Gasteiger partial charge in [-0.15, -0.1) is 0 Å². The Morgan fingerprint density at radius 3 is 1.05 bits per heavy atom. The van der Waals surface area contributed by atoms with E-state index in [1.54, 1.807) is 0 Å². The lowest BCUT2D eigenvalue weighted by atomic mass is 9.87. The summed E-state index contributed by atoms with van der Waals surface area (Å²) >= 11 is 0. The highest BCUT2D eigenvalue weighted by molar-refractivity contribution is 7.55. The molecule has 0 saturated heterocycles. The fourth-order valence-corrected chi connectivity index (χ4v) is 3.51. The fraction of sp³-hybridized carbons (Fsp3) is 0.400. The van der Waals surface area contributed by atoms with Gasteiger partial charge < -0.3 is 5.48 Å². The average molecular weight is 316 g/mol. The van der Waals surface area contributed by atoms with Crippen LogP contribution in [-0.4, -0.2) is 5.48 Å². The molecule has 2 rings (SSSR count). The van der Waals surface area contributed by atoms with Crippen molar-refractivity contribution in [2.24, 2.45) is 0 Å². The zero-order chi connectivity index (χ0) is 15.7. The van der Waals surface area contributed by atoms with Crippen molar-refractivity contribution in [1.29, 1.82) is 0 Å². The minimum Gasteiger partial charge on any atom is -0.870 e. The van der Waals surface area contributed by atoms with E-state index in [4.69, 9.17) is 0 Å². The summed E-state index contributed by atoms with van der Waals surface area (Å²) in [5.74, 6) is 0. The van der Waals surface area contributed by atoms with Gasteiger partial charge in [0, 0.05) is 0 Å². The highest BCUT2D eigenvalue weighted by Gasteiger charge is 2.15. The van der Waals surface area contributed by atoms with Gasteiger partial charge in [0.05, 0.1) is 19.2 Å². The molecule has 0 spiro atoms. The monoisotopic (exact) mass is 316 g/mol. The smallest absolute Gasteiger partial charge is 0.0942 e. The molecule has 120 valence electrons. The summed E-state index contributed by atoms with van der Waals surface area (Å²) in [6.45, 7) is 13.6. The minimum atomic E-state index is 0. The lowest BCUT2D eigenvalue weighted by Gasteiger charge is -2.19. The van der Waals surface area contributed by atoms with Crippen molar-refractivity contribution in [3.05, 3.63) is 59.7 Å². The van der Waals surface area contributed by atoms with Crippen molar-refractivity contribution in [2.45, 2.75) is 52.4 Å². The molecular formula is C20H29OP. The second-order valence-electron chi connectivity index (χ2n) is 7.89. The predicted molar refractivity (Wildman–Crippen MR) is 101 cm³/mol. The lowest BCUT2D eigenvalue weighted by Crippen LogP contribution is -2.13. The van der Waals surface area contributed by atoms with Crippen LogP contribution in [0.3, 0.4) is 0 Å². The molecule has 0 aliphatic carbocycles. The maximum absolute atomic E-state index is 2.30. The molecule has 0 heterocycles. The van der Waals surface area contributed by atoms with Crippen LogP contribution < -0.4 is 10.6 Å². The molecule has 2 aromatic rings. The van der Waals surface area contributed by atoms with Crippen LogP contribution in [0.25, 0.3) is 0 Å². The third-order valence-corrected chi connectivity index (χ3v) is 5.32. The van der Waals surface area contributed by atoms with Crippen LogP contribution in [0, 0.1) is 0 Å². The zero-order valence-corrected chi connectivity index (χ0v) is 15.8. The van der Waals surface area contributed by atoms with Gasteiger partial charge in [0.25, 0.3) is 0 Å². The summed E-state index contributed by atoms with van der Waals surface area (Å²) in [7, 11) is 0.191. The molecular weight excluding hydrogens is 287 g/mol. The van der Waals surface area contributed by atoms with E-state index in [1.807, 2.05) is 0 Å². The van der Waals surface area contributed by atoms with E-state index in [0.717, 1.165) is 0 Å². The summed E-state index contributed by atoms with van der Waals surface area (Å²) in [4.78, 5) is 0. The van der Waals surface area contributed by atoms with Gasteiger partial charge in [-0.05, 0) is 46.2 Å². The van der Waals surface area contributed by atoms with Gasteiger partial charge in [-0.1, -0.05) is 65.8 Å². The number of benzene rings is 2. The van der Waals surface area contributed by atoms with Crippen molar-refractivity contribution >= 4 is 19.2 Å². The first-order chi connectivity index (χ1) is 9.66. The van der Waals surface area contributed by atoms with Gasteiger partial charge in [0.1, 0.15) is 0 Å². The van der Waals surface area contributed by atoms with Gasteiger partial charge in [0.15, 0.2) is 0 Å². The Hall–Kier alpha value is -1.17. The largest absolute Gasteiger partial charge is 0.870 e. The molecule has 2 aromatic carbocycles. The van der Waals surface area contributed by atoms with Crippen molar-refractivity contribution in [2.75, 3.05) is 0 Å². The molecule has 1 N–H and O–H groups in total. The molecule has 0 saturated carbocycles. The van der Waals surface area contributed by atoms with Crippen molar-refractivity contribution < 1.29 is 5.48 Å². The van der Waals surface area contributed by atoms with Crippen molar-refractivity contribution in [3.8, 4) is 0 Å². The van der Waals surface area contributed by atoms with Crippen molar-refractivity contribution in [3.63, 3.8) is 0 Å². The third-order valence-electron chi connectivity index (χ3n) is 3.89. The average Bonchev–Trinajstić information content (AvgIpc) is 2.38. The third kappa shape index (κ3) is 4.93. The Kier molecular flexibility index (Phi) is 5.96. The molecule has 0 unspecified atom stereocenters. The molecule has 0 atom stereocenters. The van der Waals surface area contributed by atoms with Crippen LogP contribution in [-0.2, 0) is 10.8 Å². The highest BCUT2D eigenvalue weighted by Crippen LogP contribution is 2.24. The first-order valence-corrected chi connectivity index (χ1v) is 8.87. The van der Waals surface area contributed by atoms with Gasteiger partial charge in [-0.25, -0.2) is 0 Å². The molecule has 1 nitrogen and oxygen atoms in total. The topological polar surface area (TPSA) is 30.0 Å². The van der Waals surface area contributed by atoms with E-state index in [2.05, 4.69) is 90.1 Å². The summed E-state index contributed by atoms with van der Waals surface area (Å²) in [6.07, 6.45) is 0. The number of hydrogen-bond acceptors (Lipinski definition) is 1. The van der Waals surface area contributed by atoms with Crippen LogP contribution in [0.1, 0.15) is 52.7 Å². The van der Waals surface area contributed by atoms with Crippen LogP contribution in [0.15, 0.2) is 48.5 Å². The Morgan fingerprint density at radius 1 is 0.545 bits per heavy atom. The normalized spacial score (nSPS) is 11.9. The van der Waals surface area contributed by atoms with E-state index in [1.165, 1.54) is 21.7 Å². The number of hydrogen-bond donors (Lipinski definition) is 0. The summed E-state index contributed by atoms with van der Waals surface area (Å²) < 4.78 is 0. The Bertz CT molecular complexity index is 528. The minimum absolute atomic E-state index is 0. The van der Waals surface area contributed by atoms with Gasteiger partial charge in [-0.3, -0.25) is 0 Å². The van der Waals surface area contributed by atoms with Crippen LogP contribution in [0.2, 0.25) is 0 Å². The van der Waals surface area contributed by atoms with E-state index in [9.17, 15) is 0 Å². The fourth-order valence-electron chi connectivity index (χ4n) is 2.35. The van der Waals surface area contributed by atoms with Gasteiger partial charge in [0.2, 0.25) is 0 Å². The van der Waals surface area contributed by atoms with Gasteiger partial charge in [-0.2, -0.15) is 0 Å². The van der Waals surface area contributed by atoms with E-state index in [-0.39, 0.29) is 24.9 Å². The van der Waals surface area contributed by atoms with E-state index in [0.29, 0.717) is 0 Å². The Morgan fingerprint density at radius 2 is 0.818 bits per heavy atom. The first kappa shape index (κ1) is 18.9. The molecule has 0 bridgehead atoms. The molecule has 0 fully saturated rings. The van der Waals surface area contributed by atoms with Crippen LogP contribution >= 0.6 is 8.58 Å². The van der Waals surface area contributed by atoms with Crippen LogP contribution in [0.5, 0.6) is 0 Å². The maximum atomic E-state index is 2.30. The highest BCUT2D eigenvalue weighted by atomic mass is 31.1. The summed E-state index contributed by atoms with van der Waals surface area (Å²) in [5.41, 5.74) is 3.30. The van der Waals surface area contributed by atoms with Crippen molar-refractivity contribution in [1.82, 2.24) is 0 Å². The maximum Gasteiger partial charge on any atom is 0.0942 e. The zero-order valence-electron chi connectivity index (χ0n) is 14.6. The SMILES string of the molecule is CC(C)(C)c1ccc([PH2+]c2ccc(C(C)(C)C)cc2)cc1.[OH-]. The second kappa shape index (κ2) is 6.94. The summed E-state index contributed by atoms with van der Waals surface area (Å²) in [6, 6.07) is 18.3. The summed E-state index contributed by atoms with van der Waals surface area (Å²) in [5, 5.41) is 2.93. The quantitative estimate of drug-likeness (QED) is 0.752. The molecule has 2 heteroatoms. The van der Waals surface area contributed by atoms with E-state index < -0.39 is 0 Å². The standard InChI is InChI=1S/C20H27P.H2O/c1-19(2,3)15-7-11-17(12-8-15)21-18-13-9-16(10-14-18)20(4,5)6;/h7-14,21H,1-6H3;1H2. The van der Waals surface area contributed by atoms with E-state index >= 15 is 0 Å². The first-order valence-electron chi connectivity index (χ1n) is 7.72. The molecule has 0 aliphatic rings. The Balaban J connectivity index is 0.00000242. The Labute approximate surface area is 137 Å². The molecule has 0 aromatic heterocycles. The molecule has 0 aliphatic heterocycles. The predicted octanol–water partition coefficient (Wildman–Crippen LogP) is 4.47. The number of rotatable bonds is 2. The van der Waals surface area contributed by atoms with Crippen LogP contribution in [0.4, 0.5) is 0 Å². The molecule has 0 amide bonds. The second-order valence-corrected chi connectivity index (χ2v) is 9.51.